The van der Waals surface area contributed by atoms with Crippen molar-refractivity contribution in [3.05, 3.63) is 56.0 Å². The van der Waals surface area contributed by atoms with Crippen LogP contribution in [0.2, 0.25) is 20.4 Å². The molecule has 0 saturated heterocycles. The molecular weight excluding hydrogens is 442 g/mol. The van der Waals surface area contributed by atoms with Crippen molar-refractivity contribution >= 4 is 68.9 Å². The largest absolute Gasteiger partial charge is 0.244 e. The summed E-state index contributed by atoms with van der Waals surface area (Å²) in [4.78, 5) is 7.84. The third-order valence-electron chi connectivity index (χ3n) is 2.65. The third-order valence-corrected chi connectivity index (χ3v) is 5.49. The number of nitrogens with zero attached hydrogens (tertiary/aromatic N) is 4. The van der Waals surface area contributed by atoms with Crippen LogP contribution in [0.5, 0.6) is 0 Å². The normalized spacial score (nSPS) is 11.4. The van der Waals surface area contributed by atoms with Gasteiger partial charge in [-0.05, 0) is 30.2 Å². The highest BCUT2D eigenvalue weighted by Crippen LogP contribution is 2.21. The minimum Gasteiger partial charge on any atom is -0.244 e. The molecule has 1 atom stereocenters. The van der Waals surface area contributed by atoms with E-state index in [0.29, 0.717) is 26.1 Å². The molecule has 0 bridgehead atoms. The third kappa shape index (κ3) is 8.59. The van der Waals surface area contributed by atoms with Crippen molar-refractivity contribution in [1.29, 1.82) is 5.26 Å². The van der Waals surface area contributed by atoms with Crippen LogP contribution >= 0.6 is 58.2 Å². The van der Waals surface area contributed by atoms with Crippen LogP contribution in [0, 0.1) is 11.5 Å². The van der Waals surface area contributed by atoms with Gasteiger partial charge in [-0.15, -0.1) is 0 Å². The predicted molar refractivity (Wildman–Crippen MR) is 113 cm³/mol. The summed E-state index contributed by atoms with van der Waals surface area (Å²) >= 11 is 24.8. The molecule has 2 aromatic rings. The molecule has 0 N–H and O–H groups in total. The summed E-state index contributed by atoms with van der Waals surface area (Å²) < 4.78 is 3.70. The maximum Gasteiger partial charge on any atom is 0.212 e. The van der Waals surface area contributed by atoms with Crippen molar-refractivity contribution < 1.29 is 1.43 Å². The molecule has 0 saturated carbocycles. The zero-order valence-electron chi connectivity index (χ0n) is 13.3. The molecule has 0 aliphatic rings. The zero-order valence-corrected chi connectivity index (χ0v) is 18.0. The highest BCUT2D eigenvalue weighted by molar-refractivity contribution is 7.97. The molecule has 25 heavy (non-hydrogen) atoms. The first-order valence-electron chi connectivity index (χ1n) is 6.68. The van der Waals surface area contributed by atoms with Crippen LogP contribution in [0.3, 0.4) is 0 Å². The average molecular weight is 459 g/mol. The Hall–Kier alpha value is -0.550. The fraction of sp³-hybridized carbons (Fsp3) is 0.267. The van der Waals surface area contributed by atoms with Gasteiger partial charge in [0.25, 0.3) is 0 Å². The fourth-order valence-electron chi connectivity index (χ4n) is 1.57. The molecule has 2 rings (SSSR count). The molecule has 2 heterocycles. The molecule has 0 aromatic carbocycles. The number of aromatic nitrogens is 2. The Kier molecular flexibility index (Phi) is 10.7. The Morgan fingerprint density at radius 2 is 1.64 bits per heavy atom. The van der Waals surface area contributed by atoms with Crippen molar-refractivity contribution in [2.45, 2.75) is 11.5 Å². The van der Waals surface area contributed by atoms with Gasteiger partial charge in [0.1, 0.15) is 10.3 Å². The topological polar surface area (TPSA) is 61.9 Å². The lowest BCUT2D eigenvalue weighted by Crippen LogP contribution is -1.94. The summed E-state index contributed by atoms with van der Waals surface area (Å²) in [6.45, 7) is 0. The minimum absolute atomic E-state index is 0. The van der Waals surface area contributed by atoms with Crippen LogP contribution in [0.1, 0.15) is 12.6 Å². The molecule has 0 fully saturated rings. The summed E-state index contributed by atoms with van der Waals surface area (Å²) in [5.41, 5.74) is 1.89. The van der Waals surface area contributed by atoms with Gasteiger partial charge in [-0.25, -0.2) is 9.97 Å². The summed E-state index contributed by atoms with van der Waals surface area (Å²) in [6, 6.07) is 3.25. The monoisotopic (exact) mass is 457 g/mol. The Bertz CT molecular complexity index is 800. The minimum atomic E-state index is -0.342. The fourth-order valence-corrected chi connectivity index (χ4v) is 4.02. The van der Waals surface area contributed by atoms with Gasteiger partial charge in [0.05, 0.1) is 0 Å². The van der Waals surface area contributed by atoms with Gasteiger partial charge in [-0.1, -0.05) is 57.1 Å². The van der Waals surface area contributed by atoms with Crippen molar-refractivity contribution in [2.24, 2.45) is 4.36 Å². The molecular formula is C15H16Cl4N4S2. The number of rotatable bonds is 4. The first kappa shape index (κ1) is 22.5. The lowest BCUT2D eigenvalue weighted by atomic mass is 10.3. The molecule has 0 radical (unpaired) electrons. The van der Waals surface area contributed by atoms with Crippen molar-refractivity contribution in [2.75, 3.05) is 12.5 Å². The van der Waals surface area contributed by atoms with Crippen LogP contribution in [0.15, 0.2) is 28.9 Å². The van der Waals surface area contributed by atoms with E-state index >= 15 is 0 Å². The average Bonchev–Trinajstić information content (AvgIpc) is 2.54. The maximum atomic E-state index is 8.35. The zero-order chi connectivity index (χ0) is 18.8. The van der Waals surface area contributed by atoms with Crippen LogP contribution in [-0.4, -0.2) is 22.5 Å². The highest BCUT2D eigenvalue weighted by Gasteiger charge is 2.03. The number of thioether (sulfide) groups is 1. The lowest BCUT2D eigenvalue weighted by Gasteiger charge is -2.02. The van der Waals surface area contributed by atoms with E-state index in [-0.39, 0.29) is 12.1 Å². The SMILES string of the molecule is CS(Cc1cnc(Cl)cc1Cl)=NC#N.CSCc1cnc(Cl)cc1Cl.[2HH]. The number of pyridine rings is 2. The first-order chi connectivity index (χ1) is 11.9. The molecule has 0 amide bonds. The van der Waals surface area contributed by atoms with E-state index in [0.717, 1.165) is 16.9 Å². The first-order valence-corrected chi connectivity index (χ1v) is 11.3. The Morgan fingerprint density at radius 1 is 1.12 bits per heavy atom. The van der Waals surface area contributed by atoms with Crippen LogP contribution in [-0.2, 0) is 22.2 Å². The summed E-state index contributed by atoms with van der Waals surface area (Å²) in [7, 11) is -0.342. The van der Waals surface area contributed by atoms with Gasteiger partial charge in [-0.3, -0.25) is 0 Å². The van der Waals surface area contributed by atoms with Crippen molar-refractivity contribution in [3.8, 4) is 6.19 Å². The number of hydrogen-bond acceptors (Lipinski definition) is 5. The second-order valence-corrected chi connectivity index (χ2v) is 8.69. The van der Waals surface area contributed by atoms with Crippen molar-refractivity contribution in [3.63, 3.8) is 0 Å². The van der Waals surface area contributed by atoms with E-state index in [9.17, 15) is 0 Å². The molecule has 4 nitrogen and oxygen atoms in total. The van der Waals surface area contributed by atoms with Gasteiger partial charge in [0.2, 0.25) is 6.19 Å². The molecule has 2 aromatic heterocycles. The highest BCUT2D eigenvalue weighted by atomic mass is 35.5. The standard InChI is InChI=1S/C8H7Cl2N3S.C7H7Cl2NS.H2/c1-14(13-5-11)4-6-3-12-8(10)2-7(6)9;1-11-4-5-3-10-7(9)2-6(5)8;/h2-3H,4H2,1H3;2-3H,4H2,1H3;1H/i;;1+1. The van der Waals surface area contributed by atoms with E-state index in [1.807, 2.05) is 12.5 Å². The molecule has 0 spiro atoms. The van der Waals surface area contributed by atoms with Crippen LogP contribution in [0.4, 0.5) is 0 Å². The Morgan fingerprint density at radius 3 is 2.08 bits per heavy atom. The van der Waals surface area contributed by atoms with Gasteiger partial charge in [0.15, 0.2) is 0 Å². The summed E-state index contributed by atoms with van der Waals surface area (Å²) in [5, 5.41) is 10.4. The van der Waals surface area contributed by atoms with E-state index in [1.54, 1.807) is 42.5 Å². The summed E-state index contributed by atoms with van der Waals surface area (Å²) in [6.07, 6.45) is 8.98. The summed E-state index contributed by atoms with van der Waals surface area (Å²) in [5.74, 6) is 1.50. The molecule has 1 unspecified atom stereocenters. The van der Waals surface area contributed by atoms with E-state index in [2.05, 4.69) is 14.3 Å². The van der Waals surface area contributed by atoms with Crippen LogP contribution in [0.25, 0.3) is 0 Å². The second kappa shape index (κ2) is 11.9. The van der Waals surface area contributed by atoms with E-state index in [4.69, 9.17) is 51.7 Å². The van der Waals surface area contributed by atoms with Crippen molar-refractivity contribution in [1.82, 2.24) is 9.97 Å². The smallest absolute Gasteiger partial charge is 0.212 e. The molecule has 136 valence electrons. The van der Waals surface area contributed by atoms with Gasteiger partial charge in [0, 0.05) is 40.9 Å². The molecule has 0 aliphatic carbocycles. The second-order valence-electron chi connectivity index (χ2n) is 4.57. The van der Waals surface area contributed by atoms with E-state index in [1.165, 1.54) is 0 Å². The Labute approximate surface area is 175 Å². The maximum absolute atomic E-state index is 8.35. The number of hydrogen-bond donors (Lipinski definition) is 0. The van der Waals surface area contributed by atoms with Gasteiger partial charge < -0.3 is 0 Å². The van der Waals surface area contributed by atoms with Crippen LogP contribution < -0.4 is 0 Å². The molecule has 0 aliphatic heterocycles. The van der Waals surface area contributed by atoms with E-state index < -0.39 is 0 Å². The van der Waals surface area contributed by atoms with Gasteiger partial charge >= 0.3 is 0 Å². The lowest BCUT2D eigenvalue weighted by molar-refractivity contribution is 1.25. The number of nitriles is 1. The number of halogens is 4. The quantitative estimate of drug-likeness (QED) is 0.398. The van der Waals surface area contributed by atoms with Gasteiger partial charge in [-0.2, -0.15) is 21.4 Å². The Balaban J connectivity index is 0.000000475. The predicted octanol–water partition coefficient (Wildman–Crippen LogP) is 6.30. The molecule has 10 heteroatoms.